The van der Waals surface area contributed by atoms with Gasteiger partial charge in [-0.2, -0.15) is 0 Å². The number of carbonyl (C=O) groups is 3. The molecule has 1 aromatic heterocycles. The fourth-order valence-electron chi connectivity index (χ4n) is 3.41. The number of pyridine rings is 1. The number of esters is 2. The van der Waals surface area contributed by atoms with E-state index in [9.17, 15) is 14.4 Å². The van der Waals surface area contributed by atoms with Crippen LogP contribution in [0.2, 0.25) is 0 Å². The molecule has 0 aliphatic carbocycles. The van der Waals surface area contributed by atoms with E-state index in [4.69, 9.17) is 4.74 Å². The maximum Gasteiger partial charge on any atom is 0.357 e. The van der Waals surface area contributed by atoms with Crippen molar-refractivity contribution in [3.8, 4) is 0 Å². The third-order valence-electron chi connectivity index (χ3n) is 5.05. The van der Waals surface area contributed by atoms with Crippen molar-refractivity contribution in [2.75, 3.05) is 26.8 Å². The molecule has 1 aromatic carbocycles. The van der Waals surface area contributed by atoms with Crippen LogP contribution >= 0.6 is 0 Å². The van der Waals surface area contributed by atoms with Crippen LogP contribution in [0.4, 0.5) is 0 Å². The molecule has 29 heavy (non-hydrogen) atoms. The minimum Gasteiger partial charge on any atom is -0.465 e. The summed E-state index contributed by atoms with van der Waals surface area (Å²) in [6, 6.07) is 13.1. The van der Waals surface area contributed by atoms with Gasteiger partial charge in [0.15, 0.2) is 6.61 Å². The average molecular weight is 396 g/mol. The Morgan fingerprint density at radius 2 is 1.79 bits per heavy atom. The van der Waals surface area contributed by atoms with Gasteiger partial charge in [0.2, 0.25) is 0 Å². The van der Waals surface area contributed by atoms with Crippen LogP contribution < -0.4 is 0 Å². The summed E-state index contributed by atoms with van der Waals surface area (Å²) >= 11 is 0. The van der Waals surface area contributed by atoms with Crippen molar-refractivity contribution in [1.29, 1.82) is 0 Å². The molecule has 1 aliphatic heterocycles. The lowest BCUT2D eigenvalue weighted by Gasteiger charge is -2.32. The number of aromatic nitrogens is 1. The first-order chi connectivity index (χ1) is 14.1. The van der Waals surface area contributed by atoms with E-state index in [0.29, 0.717) is 19.0 Å². The molecule has 2 heterocycles. The Balaban J connectivity index is 1.45. The highest BCUT2D eigenvalue weighted by Crippen LogP contribution is 2.21. The first kappa shape index (κ1) is 20.5. The van der Waals surface area contributed by atoms with Gasteiger partial charge >= 0.3 is 11.9 Å². The van der Waals surface area contributed by atoms with E-state index in [1.807, 2.05) is 18.2 Å². The Morgan fingerprint density at radius 3 is 2.48 bits per heavy atom. The molecule has 3 rings (SSSR count). The van der Waals surface area contributed by atoms with Crippen molar-refractivity contribution in [2.24, 2.45) is 5.92 Å². The van der Waals surface area contributed by atoms with Crippen LogP contribution in [0.1, 0.15) is 39.3 Å². The molecule has 0 N–H and O–H groups in total. The molecule has 0 atom stereocenters. The lowest BCUT2D eigenvalue weighted by molar-refractivity contribution is -0.135. The summed E-state index contributed by atoms with van der Waals surface area (Å²) in [6.45, 7) is 0.972. The monoisotopic (exact) mass is 396 g/mol. The van der Waals surface area contributed by atoms with E-state index in [1.165, 1.54) is 31.0 Å². The molecular weight excluding hydrogens is 372 g/mol. The molecule has 1 fully saturated rings. The second-order valence-corrected chi connectivity index (χ2v) is 7.01. The molecule has 1 amide bonds. The summed E-state index contributed by atoms with van der Waals surface area (Å²) in [6.07, 6.45) is 4.19. The Labute approximate surface area is 169 Å². The molecule has 2 aromatic rings. The number of benzene rings is 1. The molecule has 152 valence electrons. The lowest BCUT2D eigenvalue weighted by Crippen LogP contribution is -2.41. The van der Waals surface area contributed by atoms with Crippen molar-refractivity contribution in [2.45, 2.75) is 19.3 Å². The van der Waals surface area contributed by atoms with Gasteiger partial charge in [0.1, 0.15) is 5.69 Å². The number of methoxy groups -OCH3 is 1. The zero-order valence-electron chi connectivity index (χ0n) is 16.4. The lowest BCUT2D eigenvalue weighted by atomic mass is 9.90. The van der Waals surface area contributed by atoms with Gasteiger partial charge in [-0.05, 0) is 42.9 Å². The van der Waals surface area contributed by atoms with E-state index >= 15 is 0 Å². The molecule has 7 nitrogen and oxygen atoms in total. The van der Waals surface area contributed by atoms with Gasteiger partial charge in [0, 0.05) is 19.3 Å². The topological polar surface area (TPSA) is 85.8 Å². The maximum atomic E-state index is 12.4. The van der Waals surface area contributed by atoms with Crippen LogP contribution in [0.25, 0.3) is 0 Å². The van der Waals surface area contributed by atoms with Crippen LogP contribution in [0.3, 0.4) is 0 Å². The molecule has 0 saturated carbocycles. The summed E-state index contributed by atoms with van der Waals surface area (Å²) in [7, 11) is 1.25. The van der Waals surface area contributed by atoms with Gasteiger partial charge in [-0.15, -0.1) is 0 Å². The number of amides is 1. The predicted molar refractivity (Wildman–Crippen MR) is 105 cm³/mol. The SMILES string of the molecule is COC(=O)c1ccnc(C(=O)OCC(=O)N2CCC(Cc3ccccc3)CC2)c1. The van der Waals surface area contributed by atoms with Gasteiger partial charge in [0.25, 0.3) is 5.91 Å². The first-order valence-electron chi connectivity index (χ1n) is 9.60. The fraction of sp³-hybridized carbons (Fsp3) is 0.364. The van der Waals surface area contributed by atoms with E-state index in [0.717, 1.165) is 19.3 Å². The van der Waals surface area contributed by atoms with Crippen LogP contribution in [0.5, 0.6) is 0 Å². The van der Waals surface area contributed by atoms with Crippen LogP contribution in [-0.4, -0.2) is 54.5 Å². The zero-order chi connectivity index (χ0) is 20.6. The molecular formula is C22H24N2O5. The smallest absolute Gasteiger partial charge is 0.357 e. The molecule has 1 aliphatic rings. The molecule has 1 saturated heterocycles. The Kier molecular flexibility index (Phi) is 6.94. The zero-order valence-corrected chi connectivity index (χ0v) is 16.4. The van der Waals surface area contributed by atoms with Crippen molar-refractivity contribution in [3.63, 3.8) is 0 Å². The number of carbonyl (C=O) groups excluding carboxylic acids is 3. The average Bonchev–Trinajstić information content (AvgIpc) is 2.78. The summed E-state index contributed by atoms with van der Waals surface area (Å²) < 4.78 is 9.70. The van der Waals surface area contributed by atoms with E-state index in [-0.39, 0.29) is 23.8 Å². The van der Waals surface area contributed by atoms with Crippen LogP contribution in [-0.2, 0) is 20.7 Å². The highest BCUT2D eigenvalue weighted by Gasteiger charge is 2.24. The van der Waals surface area contributed by atoms with Crippen LogP contribution in [0, 0.1) is 5.92 Å². The highest BCUT2D eigenvalue weighted by atomic mass is 16.5. The van der Waals surface area contributed by atoms with Crippen molar-refractivity contribution >= 4 is 17.8 Å². The highest BCUT2D eigenvalue weighted by molar-refractivity contribution is 5.94. The summed E-state index contributed by atoms with van der Waals surface area (Å²) in [5.74, 6) is -0.992. The predicted octanol–water partition coefficient (Wildman–Crippen LogP) is 2.51. The number of piperidine rings is 1. The van der Waals surface area contributed by atoms with E-state index in [1.54, 1.807) is 4.90 Å². The normalized spacial score (nSPS) is 14.3. The number of ether oxygens (including phenoxy) is 2. The van der Waals surface area contributed by atoms with E-state index < -0.39 is 11.9 Å². The molecule has 0 bridgehead atoms. The molecule has 7 heteroatoms. The van der Waals surface area contributed by atoms with Gasteiger partial charge < -0.3 is 14.4 Å². The van der Waals surface area contributed by atoms with Gasteiger partial charge in [-0.3, -0.25) is 4.79 Å². The third-order valence-corrected chi connectivity index (χ3v) is 5.05. The number of hydrogen-bond acceptors (Lipinski definition) is 6. The summed E-state index contributed by atoms with van der Waals surface area (Å²) in [5.41, 5.74) is 1.47. The van der Waals surface area contributed by atoms with Crippen LogP contribution in [0.15, 0.2) is 48.7 Å². The Morgan fingerprint density at radius 1 is 1.07 bits per heavy atom. The minimum atomic E-state index is -0.747. The number of nitrogens with zero attached hydrogens (tertiary/aromatic N) is 2. The second-order valence-electron chi connectivity index (χ2n) is 7.01. The van der Waals surface area contributed by atoms with Gasteiger partial charge in [-0.25, -0.2) is 14.6 Å². The van der Waals surface area contributed by atoms with Crippen molar-refractivity contribution in [1.82, 2.24) is 9.88 Å². The molecule has 0 spiro atoms. The number of likely N-dealkylation sites (tertiary alicyclic amines) is 1. The second kappa shape index (κ2) is 9.82. The summed E-state index contributed by atoms with van der Waals surface area (Å²) in [5, 5.41) is 0. The first-order valence-corrected chi connectivity index (χ1v) is 9.60. The maximum absolute atomic E-state index is 12.4. The van der Waals surface area contributed by atoms with Crippen molar-refractivity contribution in [3.05, 3.63) is 65.5 Å². The quantitative estimate of drug-likeness (QED) is 0.698. The fourth-order valence-corrected chi connectivity index (χ4v) is 3.41. The third kappa shape index (κ3) is 5.63. The molecule has 0 unspecified atom stereocenters. The molecule has 0 radical (unpaired) electrons. The van der Waals surface area contributed by atoms with Gasteiger partial charge in [-0.1, -0.05) is 30.3 Å². The Hall–Kier alpha value is -3.22. The van der Waals surface area contributed by atoms with Gasteiger partial charge in [0.05, 0.1) is 12.7 Å². The number of rotatable bonds is 6. The number of hydrogen-bond donors (Lipinski definition) is 0. The Bertz CT molecular complexity index is 861. The van der Waals surface area contributed by atoms with E-state index in [2.05, 4.69) is 21.9 Å². The minimum absolute atomic E-state index is 0.0396. The largest absolute Gasteiger partial charge is 0.465 e. The van der Waals surface area contributed by atoms with Crippen molar-refractivity contribution < 1.29 is 23.9 Å². The summed E-state index contributed by atoms with van der Waals surface area (Å²) in [4.78, 5) is 41.7. The standard InChI is InChI=1S/C22H24N2O5/c1-28-21(26)18-7-10-23-19(14-18)22(27)29-15-20(25)24-11-8-17(9-12-24)13-16-5-3-2-4-6-16/h2-7,10,14,17H,8-9,11-13,15H2,1H3.